The lowest BCUT2D eigenvalue weighted by Gasteiger charge is -2.32. The van der Waals surface area contributed by atoms with Crippen LogP contribution in [0.25, 0.3) is 0 Å². The van der Waals surface area contributed by atoms with E-state index in [0.29, 0.717) is 28.7 Å². The standard InChI is InChI=1S/C25H31Cl2FN4O2S/c1-15(20-4-3-5-21(27)23(20)28)24(25(34)31-18-8-10-19(11-9-18)32-35-2)29-13-16-6-7-17(26)12-22(16)30-14-33/h3-7,12,14-15,18-19,24,29,32H,8-11,13H2,1-2H3,(H,30,33)(H,31,34)/t15?,18?,19?,24-/m1/s1. The predicted molar refractivity (Wildman–Crippen MR) is 142 cm³/mol. The van der Waals surface area contributed by atoms with Crippen LogP contribution in [-0.4, -0.2) is 36.7 Å². The SMILES string of the molecule is CSNC1CCC(NC(=O)[C@H](NCc2ccc(Cl)cc2NC=O)C(C)c2cccc(Cl)c2F)CC1. The fourth-order valence-electron chi connectivity index (χ4n) is 4.48. The highest BCUT2D eigenvalue weighted by Gasteiger charge is 2.31. The zero-order valence-corrected chi connectivity index (χ0v) is 22.1. The summed E-state index contributed by atoms with van der Waals surface area (Å²) in [5.41, 5.74) is 1.66. The predicted octanol–water partition coefficient (Wildman–Crippen LogP) is 5.26. The molecule has 2 atom stereocenters. The molecule has 1 unspecified atom stereocenters. The minimum atomic E-state index is -0.732. The van der Waals surface area contributed by atoms with Crippen molar-refractivity contribution in [2.45, 2.75) is 63.2 Å². The Kier molecular flexibility index (Phi) is 10.7. The Balaban J connectivity index is 1.79. The van der Waals surface area contributed by atoms with E-state index >= 15 is 0 Å². The highest BCUT2D eigenvalue weighted by atomic mass is 35.5. The first kappa shape index (κ1) is 27.7. The highest BCUT2D eigenvalue weighted by Crippen LogP contribution is 2.29. The molecule has 6 nitrogen and oxygen atoms in total. The molecular formula is C25H31Cl2FN4O2S. The van der Waals surface area contributed by atoms with Gasteiger partial charge in [-0.1, -0.05) is 60.3 Å². The van der Waals surface area contributed by atoms with Gasteiger partial charge in [0.1, 0.15) is 5.82 Å². The van der Waals surface area contributed by atoms with Gasteiger partial charge in [0.15, 0.2) is 0 Å². The summed E-state index contributed by atoms with van der Waals surface area (Å²) in [6.07, 6.45) is 6.30. The second-order valence-corrected chi connectivity index (χ2v) is 10.2. The molecule has 190 valence electrons. The van der Waals surface area contributed by atoms with Crippen LogP contribution in [0.15, 0.2) is 36.4 Å². The number of carbonyl (C=O) groups is 2. The maximum atomic E-state index is 14.9. The Hall–Kier alpha value is -1.84. The molecule has 0 saturated heterocycles. The summed E-state index contributed by atoms with van der Waals surface area (Å²) in [7, 11) is 0. The first-order valence-corrected chi connectivity index (χ1v) is 13.6. The molecular weight excluding hydrogens is 510 g/mol. The largest absolute Gasteiger partial charge is 0.352 e. The van der Waals surface area contributed by atoms with Gasteiger partial charge in [0.25, 0.3) is 0 Å². The van der Waals surface area contributed by atoms with Crippen molar-refractivity contribution >= 4 is 53.2 Å². The molecule has 1 aliphatic rings. The summed E-state index contributed by atoms with van der Waals surface area (Å²) >= 11 is 13.7. The molecule has 2 aromatic rings. The average molecular weight is 542 g/mol. The van der Waals surface area contributed by atoms with Crippen LogP contribution in [0.4, 0.5) is 10.1 Å². The fraction of sp³-hybridized carbons (Fsp3) is 0.440. The van der Waals surface area contributed by atoms with Gasteiger partial charge in [-0.2, -0.15) is 0 Å². The van der Waals surface area contributed by atoms with Gasteiger partial charge < -0.3 is 16.0 Å². The van der Waals surface area contributed by atoms with Crippen molar-refractivity contribution in [1.82, 2.24) is 15.4 Å². The van der Waals surface area contributed by atoms with Crippen molar-refractivity contribution in [3.05, 3.63) is 63.4 Å². The minimum Gasteiger partial charge on any atom is -0.352 e. The van der Waals surface area contributed by atoms with Crippen LogP contribution in [0.1, 0.15) is 49.7 Å². The van der Waals surface area contributed by atoms with E-state index in [1.165, 1.54) is 6.07 Å². The normalized spacial score (nSPS) is 19.6. The molecule has 0 spiro atoms. The smallest absolute Gasteiger partial charge is 0.237 e. The molecule has 0 aromatic heterocycles. The molecule has 35 heavy (non-hydrogen) atoms. The van der Waals surface area contributed by atoms with Crippen LogP contribution >= 0.6 is 35.1 Å². The van der Waals surface area contributed by atoms with Crippen molar-refractivity contribution in [2.75, 3.05) is 11.6 Å². The summed E-state index contributed by atoms with van der Waals surface area (Å²) in [5, 5.41) is 9.58. The lowest BCUT2D eigenvalue weighted by molar-refractivity contribution is -0.124. The average Bonchev–Trinajstić information content (AvgIpc) is 2.83. The molecule has 10 heteroatoms. The monoisotopic (exact) mass is 540 g/mol. The Bertz CT molecular complexity index is 1020. The van der Waals surface area contributed by atoms with Crippen LogP contribution in [0.5, 0.6) is 0 Å². The van der Waals surface area contributed by atoms with Gasteiger partial charge >= 0.3 is 0 Å². The van der Waals surface area contributed by atoms with Crippen molar-refractivity contribution in [1.29, 1.82) is 0 Å². The molecule has 0 heterocycles. The molecule has 1 aliphatic carbocycles. The molecule has 2 amide bonds. The zero-order valence-electron chi connectivity index (χ0n) is 19.7. The molecule has 2 aromatic carbocycles. The summed E-state index contributed by atoms with van der Waals surface area (Å²) in [6.45, 7) is 2.07. The number of rotatable bonds is 11. The summed E-state index contributed by atoms with van der Waals surface area (Å²) in [5.74, 6) is -1.23. The fourth-order valence-corrected chi connectivity index (χ4v) is 5.41. The van der Waals surface area contributed by atoms with Crippen LogP contribution < -0.4 is 20.7 Å². The van der Waals surface area contributed by atoms with Crippen molar-refractivity contribution in [3.8, 4) is 0 Å². The zero-order chi connectivity index (χ0) is 25.4. The first-order valence-electron chi connectivity index (χ1n) is 11.6. The van der Waals surface area contributed by atoms with E-state index in [-0.39, 0.29) is 23.5 Å². The quantitative estimate of drug-likeness (QED) is 0.231. The number of hydrogen-bond acceptors (Lipinski definition) is 5. The molecule has 1 saturated carbocycles. The summed E-state index contributed by atoms with van der Waals surface area (Å²) in [4.78, 5) is 24.5. The first-order chi connectivity index (χ1) is 16.8. The van der Waals surface area contributed by atoms with E-state index in [2.05, 4.69) is 20.7 Å². The van der Waals surface area contributed by atoms with Crippen LogP contribution in [0.2, 0.25) is 10.0 Å². The third-order valence-electron chi connectivity index (χ3n) is 6.41. The van der Waals surface area contributed by atoms with E-state index < -0.39 is 17.8 Å². The minimum absolute atomic E-state index is 0.0169. The number of hydrogen-bond donors (Lipinski definition) is 4. The molecule has 1 fully saturated rings. The van der Waals surface area contributed by atoms with Crippen LogP contribution in [0, 0.1) is 5.82 Å². The summed E-state index contributed by atoms with van der Waals surface area (Å²) in [6, 6.07) is 9.72. The van der Waals surface area contributed by atoms with Crippen molar-refractivity contribution in [3.63, 3.8) is 0 Å². The van der Waals surface area contributed by atoms with E-state index in [1.54, 1.807) is 49.2 Å². The van der Waals surface area contributed by atoms with Crippen molar-refractivity contribution in [2.24, 2.45) is 0 Å². The molecule has 4 N–H and O–H groups in total. The Morgan fingerprint density at radius 1 is 1.17 bits per heavy atom. The van der Waals surface area contributed by atoms with Gasteiger partial charge in [-0.25, -0.2) is 4.39 Å². The van der Waals surface area contributed by atoms with Gasteiger partial charge in [-0.15, -0.1) is 0 Å². The van der Waals surface area contributed by atoms with E-state index in [4.69, 9.17) is 23.2 Å². The Morgan fingerprint density at radius 3 is 2.57 bits per heavy atom. The van der Waals surface area contributed by atoms with Crippen LogP contribution in [0.3, 0.4) is 0 Å². The second kappa shape index (κ2) is 13.5. The molecule has 0 radical (unpaired) electrons. The second-order valence-electron chi connectivity index (χ2n) is 8.73. The number of halogens is 3. The van der Waals surface area contributed by atoms with Crippen molar-refractivity contribution < 1.29 is 14.0 Å². The molecule has 0 bridgehead atoms. The number of anilines is 1. The number of carbonyl (C=O) groups excluding carboxylic acids is 2. The van der Waals surface area contributed by atoms with Crippen LogP contribution in [-0.2, 0) is 16.1 Å². The maximum Gasteiger partial charge on any atom is 0.237 e. The third kappa shape index (κ3) is 7.57. The molecule has 0 aliphatic heterocycles. The maximum absolute atomic E-state index is 14.9. The number of benzene rings is 2. The third-order valence-corrected chi connectivity index (χ3v) is 7.51. The highest BCUT2D eigenvalue weighted by molar-refractivity contribution is 7.96. The lowest BCUT2D eigenvalue weighted by Crippen LogP contribution is -2.51. The van der Waals surface area contributed by atoms with Gasteiger partial charge in [0.2, 0.25) is 12.3 Å². The number of nitrogens with one attached hydrogen (secondary N) is 4. The Morgan fingerprint density at radius 2 is 1.89 bits per heavy atom. The van der Waals surface area contributed by atoms with E-state index in [9.17, 15) is 14.0 Å². The van der Waals surface area contributed by atoms with E-state index in [1.807, 2.05) is 6.26 Å². The Labute approximate surface area is 220 Å². The van der Waals surface area contributed by atoms with Gasteiger partial charge in [-0.3, -0.25) is 14.3 Å². The topological polar surface area (TPSA) is 82.3 Å². The van der Waals surface area contributed by atoms with Gasteiger partial charge in [-0.05, 0) is 61.3 Å². The van der Waals surface area contributed by atoms with E-state index in [0.717, 1.165) is 31.2 Å². The van der Waals surface area contributed by atoms with Gasteiger partial charge in [0.05, 0.1) is 11.1 Å². The summed E-state index contributed by atoms with van der Waals surface area (Å²) < 4.78 is 18.2. The molecule has 3 rings (SSSR count). The van der Waals surface area contributed by atoms with Gasteiger partial charge in [0, 0.05) is 35.3 Å². The lowest BCUT2D eigenvalue weighted by atomic mass is 9.89. The number of amides is 2.